The van der Waals surface area contributed by atoms with Gasteiger partial charge < -0.3 is 24.8 Å². The van der Waals surface area contributed by atoms with Crippen molar-refractivity contribution in [2.75, 3.05) is 13.2 Å². The number of hydrogen-bond donors (Lipinski definition) is 2. The molecule has 3 aromatic rings. The van der Waals surface area contributed by atoms with Crippen LogP contribution in [-0.4, -0.2) is 53.5 Å². The molecule has 0 aromatic heterocycles. The Bertz CT molecular complexity index is 1420. The van der Waals surface area contributed by atoms with E-state index in [1.165, 1.54) is 17.9 Å². The van der Waals surface area contributed by atoms with Crippen LogP contribution in [0.5, 0.6) is 0 Å². The number of halogens is 3. The molecule has 44 heavy (non-hydrogen) atoms. The van der Waals surface area contributed by atoms with Crippen LogP contribution >= 0.6 is 0 Å². The number of nitrogens with one attached hydrogen (secondary N) is 1. The van der Waals surface area contributed by atoms with Crippen LogP contribution in [0.15, 0.2) is 66.7 Å². The van der Waals surface area contributed by atoms with Gasteiger partial charge in [0.05, 0.1) is 11.6 Å². The van der Waals surface area contributed by atoms with Crippen LogP contribution in [0.3, 0.4) is 0 Å². The molecule has 0 spiro atoms. The normalized spacial score (nSPS) is 13.7. The van der Waals surface area contributed by atoms with Gasteiger partial charge in [-0.3, -0.25) is 4.79 Å². The quantitative estimate of drug-likeness (QED) is 0.170. The van der Waals surface area contributed by atoms with E-state index in [2.05, 4.69) is 5.32 Å². The Labute approximate surface area is 255 Å². The lowest BCUT2D eigenvalue weighted by Crippen LogP contribution is -2.45. The molecule has 238 valence electrons. The number of carbonyl (C=O) groups excluding carboxylic acids is 3. The Hall–Kier alpha value is -4.12. The minimum Gasteiger partial charge on any atom is -0.424 e. The van der Waals surface area contributed by atoms with Gasteiger partial charge in [-0.1, -0.05) is 74.5 Å². The van der Waals surface area contributed by atoms with Crippen molar-refractivity contribution in [1.82, 2.24) is 10.2 Å². The number of nitrogens with zero attached hydrogens (tertiary/aromatic N) is 1. The van der Waals surface area contributed by atoms with E-state index in [0.29, 0.717) is 12.0 Å². The van der Waals surface area contributed by atoms with Crippen LogP contribution in [0, 0.1) is 5.92 Å². The predicted octanol–water partition coefficient (Wildman–Crippen LogP) is 6.40. The molecule has 11 heteroatoms. The van der Waals surface area contributed by atoms with Crippen molar-refractivity contribution in [1.29, 1.82) is 0 Å². The molecular weight excluding hydrogens is 577 g/mol. The Kier molecular flexibility index (Phi) is 12.2. The van der Waals surface area contributed by atoms with Gasteiger partial charge in [-0.05, 0) is 60.1 Å². The number of hydrogen-bond acceptors (Lipinski definition) is 6. The molecule has 0 radical (unpaired) electrons. The molecule has 0 heterocycles. The van der Waals surface area contributed by atoms with E-state index in [-0.39, 0.29) is 25.3 Å². The zero-order valence-corrected chi connectivity index (χ0v) is 25.3. The van der Waals surface area contributed by atoms with Gasteiger partial charge in [-0.2, -0.15) is 13.2 Å². The first-order valence-corrected chi connectivity index (χ1v) is 14.5. The largest absolute Gasteiger partial charge is 0.424 e. The lowest BCUT2D eigenvalue weighted by molar-refractivity contribution is -0.170. The van der Waals surface area contributed by atoms with Crippen molar-refractivity contribution < 1.29 is 42.1 Å². The number of carbonyl (C=O) groups is 3. The monoisotopic (exact) mass is 616 g/mol. The second-order valence-corrected chi connectivity index (χ2v) is 11.0. The van der Waals surface area contributed by atoms with Crippen molar-refractivity contribution in [2.24, 2.45) is 5.92 Å². The van der Waals surface area contributed by atoms with E-state index in [1.807, 2.05) is 63.2 Å². The molecule has 0 aliphatic rings. The summed E-state index contributed by atoms with van der Waals surface area (Å²) >= 11 is 0. The minimum absolute atomic E-state index is 0.0123. The van der Waals surface area contributed by atoms with E-state index in [4.69, 9.17) is 14.6 Å². The smallest absolute Gasteiger partial charge is 0.416 e. The van der Waals surface area contributed by atoms with Crippen LogP contribution in [-0.2, 0) is 31.7 Å². The zero-order chi connectivity index (χ0) is 32.4. The first-order valence-electron chi connectivity index (χ1n) is 14.5. The standard InChI is InChI=1S/C33H39F3N2O6/c1-21(2)18-29(37-30(40)20-39)31(41)43-23(4)44-32(42)38(17-9-11-24-10-7-14-26(19-24)33(34,35)36)22(3)27-16-8-13-25-12-5-6-15-28(25)27/h5-8,10,12-16,19,21-23,29,39H,9,11,17-18,20H2,1-4H3,(H,37,40)/t22-,23?,29?/m1/s1. The highest BCUT2D eigenvalue weighted by Gasteiger charge is 2.31. The van der Waals surface area contributed by atoms with Crippen LogP contribution in [0.4, 0.5) is 18.0 Å². The van der Waals surface area contributed by atoms with E-state index >= 15 is 0 Å². The summed E-state index contributed by atoms with van der Waals surface area (Å²) in [4.78, 5) is 39.5. The number of fused-ring (bicyclic) bond motifs is 1. The van der Waals surface area contributed by atoms with Crippen molar-refractivity contribution in [3.05, 3.63) is 83.4 Å². The zero-order valence-electron chi connectivity index (χ0n) is 25.3. The number of alkyl halides is 3. The van der Waals surface area contributed by atoms with Crippen molar-refractivity contribution >= 4 is 28.7 Å². The molecule has 2 unspecified atom stereocenters. The minimum atomic E-state index is -4.46. The van der Waals surface area contributed by atoms with Crippen LogP contribution in [0.2, 0.25) is 0 Å². The van der Waals surface area contributed by atoms with Gasteiger partial charge in [0.25, 0.3) is 0 Å². The molecule has 0 aliphatic heterocycles. The maximum Gasteiger partial charge on any atom is 0.416 e. The first kappa shape index (κ1) is 34.4. The van der Waals surface area contributed by atoms with E-state index in [9.17, 15) is 27.6 Å². The van der Waals surface area contributed by atoms with E-state index in [0.717, 1.165) is 28.5 Å². The van der Waals surface area contributed by atoms with Gasteiger partial charge in [-0.15, -0.1) is 0 Å². The summed E-state index contributed by atoms with van der Waals surface area (Å²) in [5.41, 5.74) is 0.582. The molecule has 3 rings (SSSR count). The number of aliphatic hydroxyl groups is 1. The van der Waals surface area contributed by atoms with Gasteiger partial charge >= 0.3 is 18.2 Å². The van der Waals surface area contributed by atoms with Crippen LogP contribution < -0.4 is 5.32 Å². The molecule has 2 N–H and O–H groups in total. The first-order chi connectivity index (χ1) is 20.8. The number of esters is 1. The predicted molar refractivity (Wildman–Crippen MR) is 159 cm³/mol. The summed E-state index contributed by atoms with van der Waals surface area (Å²) in [7, 11) is 0. The molecule has 0 bridgehead atoms. The summed E-state index contributed by atoms with van der Waals surface area (Å²) < 4.78 is 50.5. The average Bonchev–Trinajstić information content (AvgIpc) is 2.97. The number of ether oxygens (including phenoxy) is 2. The topological polar surface area (TPSA) is 105 Å². The molecule has 0 saturated heterocycles. The summed E-state index contributed by atoms with van der Waals surface area (Å²) in [5, 5.41) is 13.4. The van der Waals surface area contributed by atoms with Gasteiger partial charge in [0.15, 0.2) is 0 Å². The van der Waals surface area contributed by atoms with Crippen molar-refractivity contribution in [3.63, 3.8) is 0 Å². The van der Waals surface area contributed by atoms with Crippen LogP contribution in [0.1, 0.15) is 63.3 Å². The Morgan fingerprint density at radius 3 is 2.30 bits per heavy atom. The van der Waals surface area contributed by atoms with E-state index in [1.54, 1.807) is 6.07 Å². The highest BCUT2D eigenvalue weighted by molar-refractivity contribution is 5.87. The molecular formula is C33H39F3N2O6. The van der Waals surface area contributed by atoms with Crippen LogP contribution in [0.25, 0.3) is 10.8 Å². The van der Waals surface area contributed by atoms with Gasteiger partial charge in [0.2, 0.25) is 12.2 Å². The Morgan fingerprint density at radius 1 is 0.932 bits per heavy atom. The second kappa shape index (κ2) is 15.6. The second-order valence-electron chi connectivity index (χ2n) is 11.0. The molecule has 0 aliphatic carbocycles. The van der Waals surface area contributed by atoms with Gasteiger partial charge in [-0.25, -0.2) is 9.59 Å². The van der Waals surface area contributed by atoms with Gasteiger partial charge in [0, 0.05) is 13.5 Å². The molecule has 0 fully saturated rings. The molecule has 3 atom stereocenters. The molecule has 3 aromatic carbocycles. The average molecular weight is 617 g/mol. The fourth-order valence-corrected chi connectivity index (χ4v) is 4.99. The highest BCUT2D eigenvalue weighted by atomic mass is 19.4. The highest BCUT2D eigenvalue weighted by Crippen LogP contribution is 2.31. The maximum atomic E-state index is 13.5. The summed E-state index contributed by atoms with van der Waals surface area (Å²) in [6.45, 7) is 6.24. The number of amides is 2. The maximum absolute atomic E-state index is 13.5. The van der Waals surface area contributed by atoms with Gasteiger partial charge in [0.1, 0.15) is 12.6 Å². The third-order valence-electron chi connectivity index (χ3n) is 7.11. The summed E-state index contributed by atoms with van der Waals surface area (Å²) in [6.07, 6.45) is -5.70. The van der Waals surface area contributed by atoms with Crippen molar-refractivity contribution in [2.45, 2.75) is 71.5 Å². The Balaban J connectivity index is 1.79. The summed E-state index contributed by atoms with van der Waals surface area (Å²) in [6, 6.07) is 16.9. The van der Waals surface area contributed by atoms with E-state index < -0.39 is 54.7 Å². The number of aliphatic hydroxyl groups excluding tert-OH is 1. The van der Waals surface area contributed by atoms with Crippen molar-refractivity contribution in [3.8, 4) is 0 Å². The molecule has 8 nitrogen and oxygen atoms in total. The lowest BCUT2D eigenvalue weighted by Gasteiger charge is -2.31. The fraction of sp³-hybridized carbons (Fsp3) is 0.424. The third kappa shape index (κ3) is 9.70. The Morgan fingerprint density at radius 2 is 1.61 bits per heavy atom. The SMILES string of the molecule is CC(C)CC(NC(=O)CO)C(=O)OC(C)OC(=O)N(CCCc1cccc(C(F)(F)F)c1)[C@H](C)c1cccc2ccccc12. The fourth-order valence-electron chi connectivity index (χ4n) is 4.99. The number of benzene rings is 3. The molecule has 2 amide bonds. The lowest BCUT2D eigenvalue weighted by atomic mass is 9.98. The molecule has 0 saturated carbocycles. The third-order valence-corrected chi connectivity index (χ3v) is 7.11. The summed E-state index contributed by atoms with van der Waals surface area (Å²) in [5.74, 6) is -1.55. The number of rotatable bonds is 13. The number of aryl methyl sites for hydroxylation is 1.